The molecule has 0 amide bonds. The number of anilines is 1. The molecule has 0 bridgehead atoms. The van der Waals surface area contributed by atoms with E-state index in [0.29, 0.717) is 22.6 Å². The number of halogens is 4. The molecule has 0 radical (unpaired) electrons. The molecule has 3 aromatic heterocycles. The van der Waals surface area contributed by atoms with E-state index in [1.807, 2.05) is 12.3 Å². The fourth-order valence-corrected chi connectivity index (χ4v) is 6.03. The second kappa shape index (κ2) is 13.1. The van der Waals surface area contributed by atoms with Gasteiger partial charge in [-0.1, -0.05) is 24.3 Å². The fourth-order valence-electron chi connectivity index (χ4n) is 5.01. The van der Waals surface area contributed by atoms with Gasteiger partial charge in [-0.25, -0.2) is 9.97 Å². The third-order valence-corrected chi connectivity index (χ3v) is 7.97. The monoisotopic (exact) mass is 593 g/mol. The van der Waals surface area contributed by atoms with Crippen LogP contribution in [0.4, 0.5) is 19.0 Å². The molecule has 5 rings (SSSR count). The largest absolute Gasteiger partial charge is 0.495 e. The van der Waals surface area contributed by atoms with Gasteiger partial charge in [0.05, 0.1) is 31.2 Å². The van der Waals surface area contributed by atoms with Gasteiger partial charge in [-0.2, -0.15) is 13.2 Å². The minimum Gasteiger partial charge on any atom is -0.495 e. The van der Waals surface area contributed by atoms with E-state index in [4.69, 9.17) is 9.47 Å². The fraction of sp³-hybridized carbons (Fsp3) is 0.393. The van der Waals surface area contributed by atoms with Gasteiger partial charge in [-0.05, 0) is 42.5 Å². The molecule has 0 aliphatic heterocycles. The van der Waals surface area contributed by atoms with Gasteiger partial charge in [-0.3, -0.25) is 4.98 Å². The van der Waals surface area contributed by atoms with Crippen LogP contribution in [0.3, 0.4) is 0 Å². The number of methoxy groups -OCH3 is 2. The lowest BCUT2D eigenvalue weighted by molar-refractivity contribution is -0.126. The predicted molar refractivity (Wildman–Crippen MR) is 153 cm³/mol. The van der Waals surface area contributed by atoms with Gasteiger partial charge in [0.2, 0.25) is 0 Å². The van der Waals surface area contributed by atoms with Crippen LogP contribution in [0.1, 0.15) is 29.7 Å². The molecule has 2 N–H and O–H groups in total. The molecule has 1 fully saturated rings. The van der Waals surface area contributed by atoms with Crippen LogP contribution in [0.5, 0.6) is 5.75 Å². The van der Waals surface area contributed by atoms with Crippen LogP contribution in [0.15, 0.2) is 55.1 Å². The summed E-state index contributed by atoms with van der Waals surface area (Å²) in [6, 6.07) is 12.1. The molecule has 12 heteroatoms. The number of aromatic nitrogens is 3. The van der Waals surface area contributed by atoms with Gasteiger partial charge in [0.1, 0.15) is 22.7 Å². The Morgan fingerprint density at radius 2 is 1.75 bits per heavy atom. The summed E-state index contributed by atoms with van der Waals surface area (Å²) in [5.41, 5.74) is 3.22. The van der Waals surface area contributed by atoms with Gasteiger partial charge in [0.25, 0.3) is 0 Å². The van der Waals surface area contributed by atoms with Crippen molar-refractivity contribution < 1.29 is 22.6 Å². The third kappa shape index (κ3) is 7.60. The first-order valence-corrected chi connectivity index (χ1v) is 13.5. The Kier molecular flexibility index (Phi) is 9.83. The molecule has 214 valence electrons. The van der Waals surface area contributed by atoms with E-state index in [2.05, 4.69) is 49.9 Å². The molecular weight excluding hydrogens is 563 g/mol. The highest BCUT2D eigenvalue weighted by Crippen LogP contribution is 2.34. The lowest BCUT2D eigenvalue weighted by atomic mass is 9.88. The molecule has 7 nitrogen and oxygen atoms in total. The molecule has 0 spiro atoms. The Morgan fingerprint density at radius 1 is 0.975 bits per heavy atom. The summed E-state index contributed by atoms with van der Waals surface area (Å²) in [7, 11) is 3.33. The van der Waals surface area contributed by atoms with Crippen molar-refractivity contribution in [3.05, 3.63) is 65.6 Å². The van der Waals surface area contributed by atoms with Crippen molar-refractivity contribution >= 4 is 39.8 Å². The van der Waals surface area contributed by atoms with Gasteiger partial charge < -0.3 is 20.1 Å². The number of hydrogen-bond donors (Lipinski definition) is 2. The first-order chi connectivity index (χ1) is 18.8. The number of nitrogens with zero attached hydrogens (tertiary/aromatic N) is 3. The maximum Gasteiger partial charge on any atom is 0.393 e. The molecule has 4 aromatic rings. The zero-order valence-corrected chi connectivity index (χ0v) is 23.7. The van der Waals surface area contributed by atoms with E-state index in [1.165, 1.54) is 6.33 Å². The van der Waals surface area contributed by atoms with E-state index in [9.17, 15) is 13.2 Å². The smallest absolute Gasteiger partial charge is 0.393 e. The van der Waals surface area contributed by atoms with Gasteiger partial charge in [0.15, 0.2) is 0 Å². The second-order valence-corrected chi connectivity index (χ2v) is 10.9. The summed E-state index contributed by atoms with van der Waals surface area (Å²) < 4.78 is 49.7. The first kappa shape index (κ1) is 30.0. The molecule has 3 atom stereocenters. The Balaban J connectivity index is 0.00000370. The molecule has 40 heavy (non-hydrogen) atoms. The molecule has 1 aliphatic rings. The number of ether oxygens (including phenoxy) is 2. The SMILES string of the molecule is COc1cncc(-c2ccc(CN[C@H]3C[C@@H](Nc4ncnc5sc(CC(F)(F)F)cc45)C[C@@H](OC)C3)cc2)c1.Cl. The van der Waals surface area contributed by atoms with Crippen LogP contribution in [-0.2, 0) is 17.7 Å². The molecule has 1 aliphatic carbocycles. The Labute approximate surface area is 241 Å². The summed E-state index contributed by atoms with van der Waals surface area (Å²) >= 11 is 1.06. The van der Waals surface area contributed by atoms with Gasteiger partial charge >= 0.3 is 6.18 Å². The van der Waals surface area contributed by atoms with Crippen molar-refractivity contribution in [1.82, 2.24) is 20.3 Å². The molecule has 3 heterocycles. The summed E-state index contributed by atoms with van der Waals surface area (Å²) in [6.07, 6.45) is 2.20. The van der Waals surface area contributed by atoms with Crippen molar-refractivity contribution in [2.45, 2.75) is 56.6 Å². The number of benzene rings is 1. The van der Waals surface area contributed by atoms with Crippen molar-refractivity contribution in [1.29, 1.82) is 0 Å². The maximum absolute atomic E-state index is 12.9. The maximum atomic E-state index is 12.9. The van der Waals surface area contributed by atoms with Crippen LogP contribution in [0, 0.1) is 0 Å². The highest BCUT2D eigenvalue weighted by molar-refractivity contribution is 7.18. The topological polar surface area (TPSA) is 81.2 Å². The minimum atomic E-state index is -4.26. The zero-order chi connectivity index (χ0) is 27.4. The van der Waals surface area contributed by atoms with Crippen LogP contribution in [0.25, 0.3) is 21.3 Å². The predicted octanol–water partition coefficient (Wildman–Crippen LogP) is 6.43. The Morgan fingerprint density at radius 3 is 2.48 bits per heavy atom. The van der Waals surface area contributed by atoms with Crippen molar-refractivity contribution in [2.75, 3.05) is 19.5 Å². The van der Waals surface area contributed by atoms with Crippen molar-refractivity contribution in [3.63, 3.8) is 0 Å². The summed E-state index contributed by atoms with van der Waals surface area (Å²) in [4.78, 5) is 13.5. The van der Waals surface area contributed by atoms with E-state index in [0.717, 1.165) is 53.0 Å². The van der Waals surface area contributed by atoms with Gasteiger partial charge in [-0.15, -0.1) is 23.7 Å². The zero-order valence-electron chi connectivity index (χ0n) is 22.1. The number of hydrogen-bond acceptors (Lipinski definition) is 8. The normalized spacial score (nSPS) is 19.3. The summed E-state index contributed by atoms with van der Waals surface area (Å²) in [5, 5.41) is 7.74. The van der Waals surface area contributed by atoms with Crippen molar-refractivity contribution in [2.24, 2.45) is 0 Å². The number of alkyl halides is 3. The first-order valence-electron chi connectivity index (χ1n) is 12.7. The van der Waals surface area contributed by atoms with E-state index >= 15 is 0 Å². The van der Waals surface area contributed by atoms with E-state index in [1.54, 1.807) is 26.5 Å². The average Bonchev–Trinajstić information content (AvgIpc) is 3.34. The van der Waals surface area contributed by atoms with Crippen LogP contribution < -0.4 is 15.4 Å². The van der Waals surface area contributed by atoms with Crippen molar-refractivity contribution in [3.8, 4) is 16.9 Å². The van der Waals surface area contributed by atoms with Crippen LogP contribution in [0.2, 0.25) is 0 Å². The molecule has 0 saturated heterocycles. The number of fused-ring (bicyclic) bond motifs is 1. The number of pyridine rings is 1. The second-order valence-electron chi connectivity index (χ2n) is 9.74. The highest BCUT2D eigenvalue weighted by Gasteiger charge is 2.31. The molecule has 1 aromatic carbocycles. The summed E-state index contributed by atoms with van der Waals surface area (Å²) in [5.74, 6) is 1.28. The number of nitrogens with one attached hydrogen (secondary N) is 2. The van der Waals surface area contributed by atoms with Crippen LogP contribution >= 0.6 is 23.7 Å². The van der Waals surface area contributed by atoms with Gasteiger partial charge in [0, 0.05) is 42.4 Å². The standard InChI is InChI=1S/C28H30F3N5O2S.ClH/c1-37-22-9-20(33-13-17-3-5-18(6-4-17)19-7-23(38-2)15-32-14-19)8-21(10-22)36-26-25-11-24(12-28(29,30)31)39-27(25)35-16-34-26;/h3-7,11,14-16,20-22,33H,8-10,12-13H2,1-2H3,(H,34,35,36);1H/t20-,21+,22-;/m0./s1. The average molecular weight is 594 g/mol. The van der Waals surface area contributed by atoms with E-state index < -0.39 is 12.6 Å². The molecule has 0 unspecified atom stereocenters. The summed E-state index contributed by atoms with van der Waals surface area (Å²) in [6.45, 7) is 0.702. The van der Waals surface area contributed by atoms with E-state index in [-0.39, 0.29) is 35.5 Å². The van der Waals surface area contributed by atoms with Crippen LogP contribution in [-0.4, -0.2) is 53.5 Å². The molecular formula is C28H31ClF3N5O2S. The number of rotatable bonds is 9. The minimum absolute atomic E-state index is 0. The lowest BCUT2D eigenvalue weighted by Gasteiger charge is -2.35. The highest BCUT2D eigenvalue weighted by atomic mass is 35.5. The lowest BCUT2D eigenvalue weighted by Crippen LogP contribution is -2.44. The molecule has 1 saturated carbocycles. The Bertz CT molecular complexity index is 1400. The third-order valence-electron chi connectivity index (χ3n) is 6.92. The quantitative estimate of drug-likeness (QED) is 0.232. The number of thiophene rings is 1. The Hall–Kier alpha value is -2.99.